The van der Waals surface area contributed by atoms with Crippen LogP contribution in [-0.4, -0.2) is 28.3 Å². The molecule has 0 bridgehead atoms. The lowest BCUT2D eigenvalue weighted by molar-refractivity contribution is -0.148. The van der Waals surface area contributed by atoms with Gasteiger partial charge in [-0.3, -0.25) is 4.79 Å². The molecule has 80 valence electrons. The number of rotatable bonds is 3. The van der Waals surface area contributed by atoms with Crippen LogP contribution in [0.25, 0.3) is 0 Å². The lowest BCUT2D eigenvalue weighted by atomic mass is 9.85. The van der Waals surface area contributed by atoms with E-state index in [9.17, 15) is 4.79 Å². The fraction of sp³-hybridized carbons (Fsp3) is 0.500. The predicted molar refractivity (Wildman–Crippen MR) is 56.4 cm³/mol. The van der Waals surface area contributed by atoms with Crippen molar-refractivity contribution in [2.24, 2.45) is 5.92 Å². The fourth-order valence-corrected chi connectivity index (χ4v) is 2.71. The van der Waals surface area contributed by atoms with Gasteiger partial charge >= 0.3 is 5.97 Å². The van der Waals surface area contributed by atoms with Gasteiger partial charge in [0.2, 0.25) is 0 Å². The van der Waals surface area contributed by atoms with E-state index in [-0.39, 0.29) is 11.9 Å². The SMILES string of the molecule is COC(=O)C1CC(Sc2ncccn2)C1. The van der Waals surface area contributed by atoms with E-state index in [2.05, 4.69) is 14.7 Å². The summed E-state index contributed by atoms with van der Waals surface area (Å²) in [6.07, 6.45) is 5.20. The second-order valence-electron chi connectivity index (χ2n) is 3.46. The number of esters is 1. The molecule has 1 fully saturated rings. The first kappa shape index (κ1) is 10.4. The average Bonchev–Trinajstić information content (AvgIpc) is 2.23. The number of ether oxygens (including phenoxy) is 1. The van der Waals surface area contributed by atoms with E-state index in [4.69, 9.17) is 0 Å². The first-order chi connectivity index (χ1) is 7.29. The number of thioether (sulfide) groups is 1. The first-order valence-electron chi connectivity index (χ1n) is 4.81. The molecule has 1 saturated carbocycles. The molecule has 0 N–H and O–H groups in total. The summed E-state index contributed by atoms with van der Waals surface area (Å²) in [7, 11) is 1.43. The zero-order valence-electron chi connectivity index (χ0n) is 8.42. The lowest BCUT2D eigenvalue weighted by Crippen LogP contribution is -2.33. The quantitative estimate of drug-likeness (QED) is 0.575. The molecule has 0 aliphatic heterocycles. The third-order valence-electron chi connectivity index (χ3n) is 2.44. The number of carbonyl (C=O) groups excluding carboxylic acids is 1. The molecule has 0 atom stereocenters. The fourth-order valence-electron chi connectivity index (χ4n) is 1.52. The standard InChI is InChI=1S/C10H12N2O2S/c1-14-9(13)7-5-8(6-7)15-10-11-3-2-4-12-10/h2-4,7-8H,5-6H2,1H3. The Morgan fingerprint density at radius 2 is 2.13 bits per heavy atom. The van der Waals surface area contributed by atoms with Gasteiger partial charge in [-0.2, -0.15) is 0 Å². The molecular weight excluding hydrogens is 212 g/mol. The van der Waals surface area contributed by atoms with Crippen LogP contribution >= 0.6 is 11.8 Å². The van der Waals surface area contributed by atoms with Crippen LogP contribution in [0.3, 0.4) is 0 Å². The second-order valence-corrected chi connectivity index (χ2v) is 4.73. The maximum absolute atomic E-state index is 11.1. The third kappa shape index (κ3) is 2.47. The van der Waals surface area contributed by atoms with Crippen molar-refractivity contribution in [3.05, 3.63) is 18.5 Å². The van der Waals surface area contributed by atoms with Crippen LogP contribution in [0, 0.1) is 5.92 Å². The van der Waals surface area contributed by atoms with Crippen molar-refractivity contribution >= 4 is 17.7 Å². The number of aromatic nitrogens is 2. The molecule has 1 aliphatic carbocycles. The Labute approximate surface area is 92.5 Å². The Balaban J connectivity index is 1.79. The highest BCUT2D eigenvalue weighted by molar-refractivity contribution is 7.99. The molecule has 0 unspecified atom stereocenters. The summed E-state index contributed by atoms with van der Waals surface area (Å²) in [6, 6.07) is 1.79. The van der Waals surface area contributed by atoms with Gasteiger partial charge in [0, 0.05) is 17.6 Å². The van der Waals surface area contributed by atoms with Crippen LogP contribution in [0.2, 0.25) is 0 Å². The van der Waals surface area contributed by atoms with Crippen LogP contribution in [0.15, 0.2) is 23.6 Å². The summed E-state index contributed by atoms with van der Waals surface area (Å²) < 4.78 is 4.67. The molecule has 15 heavy (non-hydrogen) atoms. The van der Waals surface area contributed by atoms with Crippen molar-refractivity contribution in [1.82, 2.24) is 9.97 Å². The summed E-state index contributed by atoms with van der Waals surface area (Å²) >= 11 is 1.63. The summed E-state index contributed by atoms with van der Waals surface area (Å²) in [5.74, 6) is -0.0166. The molecule has 0 aromatic carbocycles. The van der Waals surface area contributed by atoms with Crippen LogP contribution in [-0.2, 0) is 9.53 Å². The highest BCUT2D eigenvalue weighted by Crippen LogP contribution is 2.39. The smallest absolute Gasteiger partial charge is 0.308 e. The van der Waals surface area contributed by atoms with E-state index in [0.29, 0.717) is 5.25 Å². The molecule has 5 heteroatoms. The van der Waals surface area contributed by atoms with Crippen LogP contribution in [0.1, 0.15) is 12.8 Å². The average molecular weight is 224 g/mol. The van der Waals surface area contributed by atoms with Gasteiger partial charge in [-0.1, -0.05) is 11.8 Å². The van der Waals surface area contributed by atoms with Crippen LogP contribution < -0.4 is 0 Å². The van der Waals surface area contributed by atoms with Gasteiger partial charge in [0.25, 0.3) is 0 Å². The van der Waals surface area contributed by atoms with E-state index in [1.54, 1.807) is 30.2 Å². The van der Waals surface area contributed by atoms with Crippen molar-refractivity contribution in [2.45, 2.75) is 23.2 Å². The number of hydrogen-bond acceptors (Lipinski definition) is 5. The number of nitrogens with zero attached hydrogens (tertiary/aromatic N) is 2. The first-order valence-corrected chi connectivity index (χ1v) is 5.69. The highest BCUT2D eigenvalue weighted by Gasteiger charge is 2.36. The number of carbonyl (C=O) groups is 1. The molecule has 4 nitrogen and oxygen atoms in total. The van der Waals surface area contributed by atoms with Crippen molar-refractivity contribution < 1.29 is 9.53 Å². The van der Waals surface area contributed by atoms with Crippen molar-refractivity contribution in [3.63, 3.8) is 0 Å². The molecule has 0 amide bonds. The molecule has 1 heterocycles. The zero-order chi connectivity index (χ0) is 10.7. The van der Waals surface area contributed by atoms with E-state index < -0.39 is 0 Å². The van der Waals surface area contributed by atoms with E-state index >= 15 is 0 Å². The van der Waals surface area contributed by atoms with Gasteiger partial charge in [-0.05, 0) is 18.9 Å². The molecular formula is C10H12N2O2S. The van der Waals surface area contributed by atoms with Gasteiger partial charge in [0.15, 0.2) is 5.16 Å². The molecule has 1 aromatic rings. The van der Waals surface area contributed by atoms with Crippen molar-refractivity contribution in [3.8, 4) is 0 Å². The Hall–Kier alpha value is -1.10. The Bertz CT molecular complexity index is 339. The van der Waals surface area contributed by atoms with E-state index in [0.717, 1.165) is 18.0 Å². The largest absolute Gasteiger partial charge is 0.469 e. The van der Waals surface area contributed by atoms with E-state index in [1.165, 1.54) is 7.11 Å². The van der Waals surface area contributed by atoms with E-state index in [1.807, 2.05) is 0 Å². The topological polar surface area (TPSA) is 52.1 Å². The van der Waals surface area contributed by atoms with Gasteiger partial charge in [0.1, 0.15) is 0 Å². The molecule has 2 rings (SSSR count). The number of methoxy groups -OCH3 is 1. The maximum Gasteiger partial charge on any atom is 0.308 e. The van der Waals surface area contributed by atoms with Gasteiger partial charge in [-0.25, -0.2) is 9.97 Å². The monoisotopic (exact) mass is 224 g/mol. The van der Waals surface area contributed by atoms with Gasteiger partial charge in [0.05, 0.1) is 13.0 Å². The third-order valence-corrected chi connectivity index (χ3v) is 3.58. The molecule has 1 aromatic heterocycles. The molecule has 0 spiro atoms. The zero-order valence-corrected chi connectivity index (χ0v) is 9.24. The maximum atomic E-state index is 11.1. The number of hydrogen-bond donors (Lipinski definition) is 0. The Kier molecular flexibility index (Phi) is 3.20. The minimum atomic E-state index is -0.0965. The normalized spacial score (nSPS) is 24.3. The van der Waals surface area contributed by atoms with Gasteiger partial charge < -0.3 is 4.74 Å². The molecule has 1 aliphatic rings. The highest BCUT2D eigenvalue weighted by atomic mass is 32.2. The summed E-state index contributed by atoms with van der Waals surface area (Å²) in [4.78, 5) is 19.4. The Morgan fingerprint density at radius 3 is 2.73 bits per heavy atom. The molecule has 0 radical (unpaired) electrons. The second kappa shape index (κ2) is 4.61. The summed E-state index contributed by atoms with van der Waals surface area (Å²) in [5.41, 5.74) is 0. The van der Waals surface area contributed by atoms with Gasteiger partial charge in [-0.15, -0.1) is 0 Å². The summed E-state index contributed by atoms with van der Waals surface area (Å²) in [6.45, 7) is 0. The Morgan fingerprint density at radius 1 is 1.47 bits per heavy atom. The van der Waals surface area contributed by atoms with Crippen molar-refractivity contribution in [1.29, 1.82) is 0 Å². The minimum Gasteiger partial charge on any atom is -0.469 e. The van der Waals surface area contributed by atoms with Crippen LogP contribution in [0.5, 0.6) is 0 Å². The van der Waals surface area contributed by atoms with Crippen LogP contribution in [0.4, 0.5) is 0 Å². The predicted octanol–water partition coefficient (Wildman–Crippen LogP) is 1.52. The lowest BCUT2D eigenvalue weighted by Gasteiger charge is -2.31. The molecule has 0 saturated heterocycles. The van der Waals surface area contributed by atoms with Crippen molar-refractivity contribution in [2.75, 3.05) is 7.11 Å². The minimum absolute atomic E-state index is 0.0798. The summed E-state index contributed by atoms with van der Waals surface area (Å²) in [5, 5.41) is 1.24.